The predicted octanol–water partition coefficient (Wildman–Crippen LogP) is 3.49. The fraction of sp³-hybridized carbons (Fsp3) is 0.303. The van der Waals surface area contributed by atoms with Crippen molar-refractivity contribution in [2.24, 2.45) is 13.0 Å². The molecule has 1 spiro atoms. The first-order chi connectivity index (χ1) is 23.0. The molecule has 1 aliphatic carbocycles. The highest BCUT2D eigenvalue weighted by atomic mass is 35.5. The Hall–Kier alpha value is -5.50. The number of H-pyrrole nitrogens is 2. The predicted molar refractivity (Wildman–Crippen MR) is 172 cm³/mol. The van der Waals surface area contributed by atoms with Crippen LogP contribution < -0.4 is 40.3 Å². The van der Waals surface area contributed by atoms with Gasteiger partial charge >= 0.3 is 5.69 Å². The molecule has 0 saturated heterocycles. The number of aromatic amines is 2. The van der Waals surface area contributed by atoms with Crippen LogP contribution >= 0.6 is 11.6 Å². The number of imidazole rings is 1. The van der Waals surface area contributed by atoms with Crippen LogP contribution in [0.2, 0.25) is 5.02 Å². The van der Waals surface area contributed by atoms with Gasteiger partial charge in [0, 0.05) is 48.6 Å². The number of hydrogen-bond donors (Lipinski definition) is 3. The molecule has 1 unspecified atom stereocenters. The van der Waals surface area contributed by atoms with E-state index in [1.54, 1.807) is 37.5 Å². The topological polar surface area (TPSA) is 176 Å². The number of carbonyl (C=O) groups is 2. The second kappa shape index (κ2) is 11.3. The number of methoxy groups -OCH3 is 3. The molecule has 2 aromatic carbocycles. The monoisotopic (exact) mass is 675 g/mol. The number of allylic oxidation sites excluding steroid dienone is 1. The van der Waals surface area contributed by atoms with Crippen molar-refractivity contribution in [2.45, 2.75) is 31.5 Å². The summed E-state index contributed by atoms with van der Waals surface area (Å²) in [6.45, 7) is 1.87. The van der Waals surface area contributed by atoms with Gasteiger partial charge in [0.2, 0.25) is 17.2 Å². The highest BCUT2D eigenvalue weighted by Gasteiger charge is 2.63. The van der Waals surface area contributed by atoms with E-state index in [1.807, 2.05) is 11.6 Å². The molecule has 7 rings (SSSR count). The fourth-order valence-corrected chi connectivity index (χ4v) is 7.04. The first-order valence-corrected chi connectivity index (χ1v) is 15.3. The minimum Gasteiger partial charge on any atom is -0.496 e. The molecule has 48 heavy (non-hydrogen) atoms. The normalized spacial score (nSPS) is 20.9. The third-order valence-electron chi connectivity index (χ3n) is 9.16. The highest BCUT2D eigenvalue weighted by molar-refractivity contribution is 6.36. The minimum atomic E-state index is -2.04. The summed E-state index contributed by atoms with van der Waals surface area (Å²) in [4.78, 5) is 64.5. The number of hydrogen-bond acceptors (Lipinski definition) is 11. The van der Waals surface area contributed by atoms with Crippen LogP contribution in [0, 0.1) is 5.92 Å². The van der Waals surface area contributed by atoms with Crippen molar-refractivity contribution in [1.82, 2.24) is 19.5 Å². The summed E-state index contributed by atoms with van der Waals surface area (Å²) in [6, 6.07) is 6.47. The van der Waals surface area contributed by atoms with Gasteiger partial charge in [-0.2, -0.15) is 0 Å². The van der Waals surface area contributed by atoms with Gasteiger partial charge in [-0.3, -0.25) is 24.4 Å². The third kappa shape index (κ3) is 4.43. The molecule has 0 bridgehead atoms. The zero-order valence-electron chi connectivity index (χ0n) is 26.5. The number of ether oxygens (including phenoxy) is 5. The summed E-state index contributed by atoms with van der Waals surface area (Å²) in [7, 11) is 6.11. The van der Waals surface area contributed by atoms with E-state index in [9.17, 15) is 19.2 Å². The van der Waals surface area contributed by atoms with Gasteiger partial charge in [0.25, 0.3) is 5.56 Å². The molecule has 2 aromatic heterocycles. The van der Waals surface area contributed by atoms with Crippen LogP contribution in [0.15, 0.2) is 57.5 Å². The smallest absolute Gasteiger partial charge is 0.327 e. The number of carbonyl (C=O) groups excluding carboxylic acids is 2. The molecule has 4 heterocycles. The van der Waals surface area contributed by atoms with E-state index in [0.29, 0.717) is 28.6 Å². The number of halogens is 1. The summed E-state index contributed by atoms with van der Waals surface area (Å²) in [5, 5.41) is 3.11. The molecule has 0 fully saturated rings. The van der Waals surface area contributed by atoms with Gasteiger partial charge in [-0.25, -0.2) is 9.78 Å². The van der Waals surface area contributed by atoms with Gasteiger partial charge in [0.05, 0.1) is 26.9 Å². The molecule has 0 saturated carbocycles. The lowest BCUT2D eigenvalue weighted by Crippen LogP contribution is -2.58. The molecule has 2 aliphatic heterocycles. The standard InChI is InChI=1S/C33H30ClN5O9/c1-14-10-16-23(28(40)33(14)29(41)24-19(45-4)12-20(46-5)26(34)27(24)48-33)22(25-30(36-16)37-32(43)38-31(25)42)15-6-7-17(18(11-15)44-3)47-13-21-35-8-9-39(21)2/h6-9,11-12,14,22H,10,13H2,1-5H3,(H3,36,37,38,42,43)/t14-,22?,33+/m1/s1. The molecular weight excluding hydrogens is 646 g/mol. The molecule has 3 N–H and O–H groups in total. The maximum Gasteiger partial charge on any atom is 0.327 e. The number of nitrogens with one attached hydrogen (secondary N) is 3. The second-order valence-corrected chi connectivity index (χ2v) is 12.1. The van der Waals surface area contributed by atoms with Crippen LogP contribution in [0.3, 0.4) is 0 Å². The molecule has 14 nitrogen and oxygen atoms in total. The van der Waals surface area contributed by atoms with E-state index < -0.39 is 40.3 Å². The quantitative estimate of drug-likeness (QED) is 0.245. The van der Waals surface area contributed by atoms with Crippen LogP contribution in [-0.2, 0) is 18.4 Å². The Bertz CT molecular complexity index is 2180. The van der Waals surface area contributed by atoms with Gasteiger partial charge < -0.3 is 33.6 Å². The van der Waals surface area contributed by atoms with Crippen molar-refractivity contribution >= 4 is 29.0 Å². The SMILES string of the molecule is COc1cc(C2C3=C(C[C@@H](C)[C@]4(Oc5c(Cl)c(OC)cc(OC)c5C4=O)C3=O)Nc3[nH]c(=O)[nH]c(=O)c32)ccc1OCc1nccn1C. The van der Waals surface area contributed by atoms with Gasteiger partial charge in [-0.05, 0) is 24.1 Å². The van der Waals surface area contributed by atoms with Crippen molar-refractivity contribution in [2.75, 3.05) is 26.6 Å². The van der Waals surface area contributed by atoms with Crippen molar-refractivity contribution in [1.29, 1.82) is 0 Å². The largest absolute Gasteiger partial charge is 0.496 e. The average molecular weight is 676 g/mol. The van der Waals surface area contributed by atoms with Gasteiger partial charge in [-0.15, -0.1) is 0 Å². The minimum absolute atomic E-state index is 0.0156. The van der Waals surface area contributed by atoms with Crippen molar-refractivity contribution in [3.05, 3.63) is 96.3 Å². The molecule has 0 amide bonds. The number of anilines is 1. The fourth-order valence-electron chi connectivity index (χ4n) is 6.78. The summed E-state index contributed by atoms with van der Waals surface area (Å²) in [5.74, 6) is -1.23. The lowest BCUT2D eigenvalue weighted by Gasteiger charge is -2.42. The Balaban J connectivity index is 1.37. The van der Waals surface area contributed by atoms with E-state index in [2.05, 4.69) is 20.3 Å². The average Bonchev–Trinajstić information content (AvgIpc) is 3.62. The lowest BCUT2D eigenvalue weighted by molar-refractivity contribution is -0.130. The van der Waals surface area contributed by atoms with E-state index in [0.717, 1.165) is 0 Å². The van der Waals surface area contributed by atoms with Crippen LogP contribution in [-0.4, -0.2) is 58.0 Å². The Labute approximate surface area is 277 Å². The summed E-state index contributed by atoms with van der Waals surface area (Å²) < 4.78 is 30.7. The molecular formula is C33H30ClN5O9. The number of ketones is 2. The number of benzene rings is 2. The van der Waals surface area contributed by atoms with Gasteiger partial charge in [0.15, 0.2) is 17.2 Å². The second-order valence-electron chi connectivity index (χ2n) is 11.7. The van der Waals surface area contributed by atoms with Gasteiger partial charge in [-0.1, -0.05) is 24.6 Å². The molecule has 248 valence electrons. The number of rotatable bonds is 7. The Morgan fingerprint density at radius 1 is 1.00 bits per heavy atom. The van der Waals surface area contributed by atoms with Crippen LogP contribution in [0.4, 0.5) is 5.82 Å². The number of aryl methyl sites for hydroxylation is 1. The van der Waals surface area contributed by atoms with Crippen LogP contribution in [0.5, 0.6) is 28.7 Å². The van der Waals surface area contributed by atoms with Crippen molar-refractivity contribution in [3.63, 3.8) is 0 Å². The number of nitrogens with zero attached hydrogens (tertiary/aromatic N) is 2. The number of aromatic nitrogens is 4. The van der Waals surface area contributed by atoms with E-state index in [4.69, 9.17) is 35.3 Å². The Morgan fingerprint density at radius 2 is 1.75 bits per heavy atom. The van der Waals surface area contributed by atoms with E-state index in [1.165, 1.54) is 27.4 Å². The first-order valence-electron chi connectivity index (χ1n) is 14.9. The molecule has 4 aromatic rings. The molecule has 3 aliphatic rings. The zero-order valence-corrected chi connectivity index (χ0v) is 27.2. The number of fused-ring (bicyclic) bond motifs is 2. The Kier molecular flexibility index (Phi) is 7.35. The number of Topliss-reactive ketones (excluding diaryl/α,β-unsaturated/α-hetero) is 2. The van der Waals surface area contributed by atoms with E-state index in [-0.39, 0.29) is 57.8 Å². The van der Waals surface area contributed by atoms with Crippen molar-refractivity contribution in [3.8, 4) is 28.7 Å². The highest BCUT2D eigenvalue weighted by Crippen LogP contribution is 2.56. The summed E-state index contributed by atoms with van der Waals surface area (Å²) in [6.07, 6.45) is 3.60. The molecule has 15 heteroatoms. The van der Waals surface area contributed by atoms with Gasteiger partial charge in [0.1, 0.15) is 40.3 Å². The zero-order chi connectivity index (χ0) is 34.1. The first kappa shape index (κ1) is 31.1. The van der Waals surface area contributed by atoms with E-state index >= 15 is 0 Å². The third-order valence-corrected chi connectivity index (χ3v) is 9.52. The summed E-state index contributed by atoms with van der Waals surface area (Å²) in [5.41, 5.74) is -2.39. The maximum atomic E-state index is 15.0. The van der Waals surface area contributed by atoms with Crippen LogP contribution in [0.1, 0.15) is 46.6 Å². The Morgan fingerprint density at radius 3 is 2.44 bits per heavy atom. The molecule has 3 atom stereocenters. The van der Waals surface area contributed by atoms with Crippen molar-refractivity contribution < 1.29 is 33.3 Å². The maximum absolute atomic E-state index is 15.0. The lowest BCUT2D eigenvalue weighted by atomic mass is 9.66. The van der Waals surface area contributed by atoms with Crippen LogP contribution in [0.25, 0.3) is 0 Å². The summed E-state index contributed by atoms with van der Waals surface area (Å²) >= 11 is 6.62. The molecule has 0 radical (unpaired) electrons.